The molecule has 2 aromatic carbocycles. The third-order valence-corrected chi connectivity index (χ3v) is 5.48. The van der Waals surface area contributed by atoms with Crippen LogP contribution in [0.25, 0.3) is 21.9 Å². The Balaban J connectivity index is 1.86. The van der Waals surface area contributed by atoms with Crippen LogP contribution in [0, 0.1) is 0 Å². The normalized spacial score (nSPS) is 11.6. The lowest BCUT2D eigenvalue weighted by atomic mass is 10.2. The molecule has 0 atom stereocenters. The number of nitrogens with one attached hydrogen (secondary N) is 1. The molecule has 0 unspecified atom stereocenters. The molecule has 27 heavy (non-hydrogen) atoms. The predicted octanol–water partition coefficient (Wildman–Crippen LogP) is 3.19. The van der Waals surface area contributed by atoms with Crippen molar-refractivity contribution in [1.82, 2.24) is 10.1 Å². The van der Waals surface area contributed by atoms with Crippen molar-refractivity contribution >= 4 is 37.7 Å². The zero-order chi connectivity index (χ0) is 19.0. The Hall–Kier alpha value is -3.33. The van der Waals surface area contributed by atoms with Crippen LogP contribution in [0.15, 0.2) is 58.1 Å². The first-order valence-electron chi connectivity index (χ1n) is 7.92. The summed E-state index contributed by atoms with van der Waals surface area (Å²) in [4.78, 5) is 4.22. The van der Waals surface area contributed by atoms with E-state index in [1.807, 2.05) is 0 Å². The van der Waals surface area contributed by atoms with E-state index in [2.05, 4.69) is 14.9 Å². The standard InChI is InChI=1S/C18H15N3O5S/c1-24-12-8-9-15(17-11(12)5-4-10-19-17)27(22,23)21-18-16-13(25-2)6-3-7-14(16)26-20-18/h3-10H,1-2H3,(H,20,21). The number of ether oxygens (including phenoxy) is 2. The van der Waals surface area contributed by atoms with Gasteiger partial charge in [0.2, 0.25) is 0 Å². The van der Waals surface area contributed by atoms with Crippen molar-refractivity contribution in [3.05, 3.63) is 48.7 Å². The number of pyridine rings is 1. The molecular formula is C18H15N3O5S. The van der Waals surface area contributed by atoms with Crippen molar-refractivity contribution in [3.63, 3.8) is 0 Å². The van der Waals surface area contributed by atoms with Crippen LogP contribution in [0.2, 0.25) is 0 Å². The van der Waals surface area contributed by atoms with Crippen LogP contribution in [-0.2, 0) is 10.0 Å². The van der Waals surface area contributed by atoms with E-state index in [1.54, 1.807) is 36.4 Å². The Labute approximate surface area is 154 Å². The van der Waals surface area contributed by atoms with Crippen molar-refractivity contribution in [2.24, 2.45) is 0 Å². The Bertz CT molecular complexity index is 1250. The van der Waals surface area contributed by atoms with Crippen LogP contribution >= 0.6 is 0 Å². The third-order valence-electron chi connectivity index (χ3n) is 4.11. The van der Waals surface area contributed by atoms with Crippen LogP contribution in [0.1, 0.15) is 0 Å². The minimum Gasteiger partial charge on any atom is -0.496 e. The van der Waals surface area contributed by atoms with Gasteiger partial charge in [0.15, 0.2) is 11.4 Å². The zero-order valence-electron chi connectivity index (χ0n) is 14.5. The molecule has 1 N–H and O–H groups in total. The molecule has 0 aliphatic carbocycles. The van der Waals surface area contributed by atoms with E-state index in [9.17, 15) is 8.42 Å². The van der Waals surface area contributed by atoms with E-state index >= 15 is 0 Å². The van der Waals surface area contributed by atoms with Crippen LogP contribution in [0.4, 0.5) is 5.82 Å². The fraction of sp³-hybridized carbons (Fsp3) is 0.111. The van der Waals surface area contributed by atoms with E-state index < -0.39 is 10.0 Å². The number of hydrogen-bond acceptors (Lipinski definition) is 7. The van der Waals surface area contributed by atoms with Crippen LogP contribution in [-0.4, -0.2) is 32.8 Å². The van der Waals surface area contributed by atoms with Gasteiger partial charge >= 0.3 is 0 Å². The van der Waals surface area contributed by atoms with Gasteiger partial charge in [-0.05, 0) is 36.4 Å². The van der Waals surface area contributed by atoms with Crippen molar-refractivity contribution < 1.29 is 22.4 Å². The second kappa shape index (κ2) is 6.44. The lowest BCUT2D eigenvalue weighted by molar-refractivity contribution is 0.419. The smallest absolute Gasteiger partial charge is 0.265 e. The second-order valence-electron chi connectivity index (χ2n) is 5.64. The lowest BCUT2D eigenvalue weighted by Crippen LogP contribution is -2.14. The van der Waals surface area contributed by atoms with Gasteiger partial charge in [-0.15, -0.1) is 0 Å². The van der Waals surface area contributed by atoms with Crippen LogP contribution in [0.3, 0.4) is 0 Å². The van der Waals surface area contributed by atoms with Crippen molar-refractivity contribution in [2.45, 2.75) is 4.90 Å². The highest BCUT2D eigenvalue weighted by Crippen LogP contribution is 2.34. The first-order chi connectivity index (χ1) is 13.0. The van der Waals surface area contributed by atoms with Gasteiger partial charge < -0.3 is 14.0 Å². The maximum Gasteiger partial charge on any atom is 0.265 e. The fourth-order valence-corrected chi connectivity index (χ4v) is 4.07. The van der Waals surface area contributed by atoms with Gasteiger partial charge in [0.05, 0.1) is 19.7 Å². The molecule has 2 aromatic heterocycles. The summed E-state index contributed by atoms with van der Waals surface area (Å²) in [7, 11) is -0.994. The topological polar surface area (TPSA) is 104 Å². The van der Waals surface area contributed by atoms with Gasteiger partial charge in [0, 0.05) is 11.6 Å². The maximum atomic E-state index is 13.0. The average molecular weight is 385 g/mol. The molecule has 4 aromatic rings. The van der Waals surface area contributed by atoms with Gasteiger partial charge in [0.25, 0.3) is 10.0 Å². The summed E-state index contributed by atoms with van der Waals surface area (Å²) in [6.45, 7) is 0. The van der Waals surface area contributed by atoms with E-state index in [-0.39, 0.29) is 10.7 Å². The number of methoxy groups -OCH3 is 2. The number of benzene rings is 2. The summed E-state index contributed by atoms with van der Waals surface area (Å²) in [5, 5.41) is 4.87. The molecule has 0 saturated heterocycles. The van der Waals surface area contributed by atoms with Gasteiger partial charge in [-0.25, -0.2) is 8.42 Å². The fourth-order valence-electron chi connectivity index (χ4n) is 2.90. The minimum atomic E-state index is -4.00. The number of sulfonamides is 1. The number of nitrogens with zero attached hydrogens (tertiary/aromatic N) is 2. The Morgan fingerprint density at radius 3 is 2.59 bits per heavy atom. The largest absolute Gasteiger partial charge is 0.496 e. The molecule has 0 saturated carbocycles. The number of aromatic nitrogens is 2. The molecular weight excluding hydrogens is 370 g/mol. The van der Waals surface area contributed by atoms with E-state index in [4.69, 9.17) is 14.0 Å². The Morgan fingerprint density at radius 1 is 1.00 bits per heavy atom. The molecule has 8 nitrogen and oxygen atoms in total. The van der Waals surface area contributed by atoms with E-state index in [0.29, 0.717) is 33.4 Å². The number of hydrogen-bond donors (Lipinski definition) is 1. The summed E-state index contributed by atoms with van der Waals surface area (Å²) in [6, 6.07) is 11.6. The van der Waals surface area contributed by atoms with Crippen LogP contribution in [0.5, 0.6) is 11.5 Å². The Kier molecular flexibility index (Phi) is 4.08. The molecule has 0 spiro atoms. The molecule has 9 heteroatoms. The lowest BCUT2D eigenvalue weighted by Gasteiger charge is -2.11. The molecule has 0 amide bonds. The molecule has 0 fully saturated rings. The first kappa shape index (κ1) is 17.1. The van der Waals surface area contributed by atoms with Gasteiger partial charge in [0.1, 0.15) is 21.8 Å². The molecule has 0 aliphatic rings. The number of rotatable bonds is 5. The number of anilines is 1. The van der Waals surface area contributed by atoms with E-state index in [0.717, 1.165) is 0 Å². The zero-order valence-corrected chi connectivity index (χ0v) is 15.3. The number of fused-ring (bicyclic) bond motifs is 2. The summed E-state index contributed by atoms with van der Waals surface area (Å²) in [6.07, 6.45) is 1.52. The molecule has 0 aliphatic heterocycles. The molecule has 138 valence electrons. The quantitative estimate of drug-likeness (QED) is 0.562. The van der Waals surface area contributed by atoms with Crippen molar-refractivity contribution in [1.29, 1.82) is 0 Å². The highest BCUT2D eigenvalue weighted by atomic mass is 32.2. The molecule has 0 radical (unpaired) electrons. The average Bonchev–Trinajstić information content (AvgIpc) is 3.09. The van der Waals surface area contributed by atoms with Crippen molar-refractivity contribution in [2.75, 3.05) is 18.9 Å². The van der Waals surface area contributed by atoms with Gasteiger partial charge in [-0.2, -0.15) is 0 Å². The summed E-state index contributed by atoms with van der Waals surface area (Å²) >= 11 is 0. The van der Waals surface area contributed by atoms with Gasteiger partial charge in [-0.3, -0.25) is 9.71 Å². The third kappa shape index (κ3) is 2.81. The molecule has 0 bridgehead atoms. The highest BCUT2D eigenvalue weighted by molar-refractivity contribution is 7.93. The first-order valence-corrected chi connectivity index (χ1v) is 9.40. The maximum absolute atomic E-state index is 13.0. The van der Waals surface area contributed by atoms with Gasteiger partial charge in [-0.1, -0.05) is 11.2 Å². The monoisotopic (exact) mass is 385 g/mol. The summed E-state index contributed by atoms with van der Waals surface area (Å²) < 4.78 is 44.3. The van der Waals surface area contributed by atoms with Crippen LogP contribution < -0.4 is 14.2 Å². The minimum absolute atomic E-state index is 0.00458. The second-order valence-corrected chi connectivity index (χ2v) is 7.29. The summed E-state index contributed by atoms with van der Waals surface area (Å²) in [5.74, 6) is 1.03. The molecule has 2 heterocycles. The highest BCUT2D eigenvalue weighted by Gasteiger charge is 2.24. The summed E-state index contributed by atoms with van der Waals surface area (Å²) in [5.41, 5.74) is 0.703. The SMILES string of the molecule is COc1ccc(S(=O)(=O)Nc2noc3cccc(OC)c23)c2ncccc12. The molecule has 4 rings (SSSR count). The predicted molar refractivity (Wildman–Crippen MR) is 99.7 cm³/mol. The Morgan fingerprint density at radius 2 is 1.81 bits per heavy atom. The van der Waals surface area contributed by atoms with E-state index in [1.165, 1.54) is 26.5 Å². The van der Waals surface area contributed by atoms with Crippen molar-refractivity contribution in [3.8, 4) is 11.5 Å².